The zero-order valence-corrected chi connectivity index (χ0v) is 8.51. The molecule has 3 heteroatoms. The van der Waals surface area contributed by atoms with Gasteiger partial charge in [-0.25, -0.2) is 0 Å². The summed E-state index contributed by atoms with van der Waals surface area (Å²) < 4.78 is 0. The number of thiol groups is 1. The maximum Gasteiger partial charge on any atom is 0.122 e. The maximum atomic E-state index is 8.81. The lowest BCUT2D eigenvalue weighted by Crippen LogP contribution is -1.93. The fourth-order valence-corrected chi connectivity index (χ4v) is 4.72. The summed E-state index contributed by atoms with van der Waals surface area (Å²) in [7, 11) is -1.60. The van der Waals surface area contributed by atoms with Crippen molar-refractivity contribution in [3.05, 3.63) is 0 Å². The second kappa shape index (κ2) is 3.98. The molecule has 0 rings (SSSR count). The van der Waals surface area contributed by atoms with Crippen molar-refractivity contribution in [1.29, 1.82) is 5.26 Å². The molecular formula is C7H15NS2. The molecule has 0 aromatic heterocycles. The second-order valence-corrected chi connectivity index (χ2v) is 10.3. The van der Waals surface area contributed by atoms with Crippen molar-refractivity contribution in [2.45, 2.75) is 13.8 Å². The molecule has 2 atom stereocenters. The number of nitriles is 1. The van der Waals surface area contributed by atoms with Crippen LogP contribution < -0.4 is 0 Å². The van der Waals surface area contributed by atoms with Crippen LogP contribution in [0.2, 0.25) is 0 Å². The Kier molecular flexibility index (Phi) is 3.96. The molecule has 0 aliphatic rings. The molecule has 0 N–H and O–H groups in total. The Balaban J connectivity index is 4.43. The Morgan fingerprint density at radius 1 is 1.60 bits per heavy atom. The van der Waals surface area contributed by atoms with Gasteiger partial charge in [0, 0.05) is 0 Å². The molecule has 0 bridgehead atoms. The van der Waals surface area contributed by atoms with E-state index >= 15 is 0 Å². The van der Waals surface area contributed by atoms with Crippen molar-refractivity contribution < 1.29 is 0 Å². The van der Waals surface area contributed by atoms with Gasteiger partial charge >= 0.3 is 0 Å². The predicted molar refractivity (Wildman–Crippen MR) is 54.1 cm³/mol. The van der Waals surface area contributed by atoms with E-state index in [4.69, 9.17) is 10.9 Å². The van der Waals surface area contributed by atoms with Gasteiger partial charge in [0.25, 0.3) is 0 Å². The molecule has 0 aromatic carbocycles. The third kappa shape index (κ3) is 1.98. The molecule has 0 aliphatic carbocycles. The summed E-state index contributed by atoms with van der Waals surface area (Å²) in [5.41, 5.74) is 5.85. The predicted octanol–water partition coefficient (Wildman–Crippen LogP) is 2.45. The van der Waals surface area contributed by atoms with E-state index in [1.54, 1.807) is 0 Å². The summed E-state index contributed by atoms with van der Waals surface area (Å²) in [6.07, 6.45) is 2.03. The summed E-state index contributed by atoms with van der Waals surface area (Å²) >= 11 is 0. The quantitative estimate of drug-likeness (QED) is 0.371. The fraction of sp³-hybridized carbons (Fsp3) is 0.714. The summed E-state index contributed by atoms with van der Waals surface area (Å²) in [5.74, 6) is 1.92. The molecule has 0 heterocycles. The average Bonchev–Trinajstić information content (AvgIpc) is 2.01. The van der Waals surface area contributed by atoms with Crippen molar-refractivity contribution in [2.24, 2.45) is 0 Å². The van der Waals surface area contributed by atoms with Gasteiger partial charge in [-0.3, -0.25) is 0 Å². The van der Waals surface area contributed by atoms with Crippen LogP contribution in [0.25, 0.3) is 0 Å². The highest BCUT2D eigenvalue weighted by molar-refractivity contribution is 8.98. The standard InChI is InChI=1S/C7H15NS2/c1-5-9(3)10(4,6-2)7-8/h3,9H,5-6H2,1-2,4H3. The van der Waals surface area contributed by atoms with Crippen LogP contribution >= 0.6 is 18.4 Å². The Morgan fingerprint density at radius 2 is 2.10 bits per heavy atom. The van der Waals surface area contributed by atoms with Crippen molar-refractivity contribution in [3.8, 4) is 11.1 Å². The van der Waals surface area contributed by atoms with E-state index in [0.29, 0.717) is 0 Å². The Labute approximate surface area is 66.7 Å². The van der Waals surface area contributed by atoms with Crippen LogP contribution in [0.4, 0.5) is 0 Å². The van der Waals surface area contributed by atoms with Crippen LogP contribution in [-0.2, 0) is 0 Å². The maximum absolute atomic E-state index is 8.81. The van der Waals surface area contributed by atoms with Crippen LogP contribution in [-0.4, -0.2) is 17.8 Å². The summed E-state index contributed by atoms with van der Waals surface area (Å²) in [5, 5.41) is 11.2. The zero-order valence-electron chi connectivity index (χ0n) is 6.79. The average molecular weight is 177 g/mol. The third-order valence-electron chi connectivity index (χ3n) is 1.59. The van der Waals surface area contributed by atoms with E-state index in [0.717, 1.165) is 11.5 Å². The van der Waals surface area contributed by atoms with Crippen LogP contribution in [0.15, 0.2) is 0 Å². The van der Waals surface area contributed by atoms with E-state index in [-0.39, 0.29) is 0 Å². The first kappa shape index (κ1) is 9.97. The summed E-state index contributed by atoms with van der Waals surface area (Å²) in [6.45, 7) is 4.11. The lowest BCUT2D eigenvalue weighted by Gasteiger charge is -2.27. The third-order valence-corrected chi connectivity index (χ3v) is 9.66. The van der Waals surface area contributed by atoms with Crippen molar-refractivity contribution >= 4 is 18.4 Å². The molecule has 0 radical (unpaired) electrons. The largest absolute Gasteiger partial charge is 0.186 e. The van der Waals surface area contributed by atoms with Crippen molar-refractivity contribution in [2.75, 3.05) is 17.8 Å². The van der Waals surface area contributed by atoms with Crippen LogP contribution in [0.1, 0.15) is 13.8 Å². The number of hydrogen-bond donors (Lipinski definition) is 1. The molecule has 60 valence electrons. The minimum absolute atomic E-state index is 0.502. The Bertz CT molecular complexity index is 208. The first-order valence-electron chi connectivity index (χ1n) is 3.30. The highest BCUT2D eigenvalue weighted by Gasteiger charge is 2.13. The lowest BCUT2D eigenvalue weighted by molar-refractivity contribution is 1.50. The smallest absolute Gasteiger partial charge is 0.122 e. The molecule has 0 fully saturated rings. The Morgan fingerprint density at radius 3 is 2.20 bits per heavy atom. The summed E-state index contributed by atoms with van der Waals surface area (Å²) in [4.78, 5) is 0. The normalized spacial score (nSPS) is 22.1. The van der Waals surface area contributed by atoms with Gasteiger partial charge in [0.2, 0.25) is 0 Å². The van der Waals surface area contributed by atoms with Gasteiger partial charge in [0.05, 0.1) is 0 Å². The molecule has 0 spiro atoms. The van der Waals surface area contributed by atoms with Crippen LogP contribution in [0, 0.1) is 16.4 Å². The molecular weight excluding hydrogens is 162 g/mol. The SMILES string of the molecule is C#[SH](CC)S(C)(C#N)CC. The lowest BCUT2D eigenvalue weighted by atomic mass is 11.0. The van der Waals surface area contributed by atoms with Gasteiger partial charge in [0.15, 0.2) is 0 Å². The topological polar surface area (TPSA) is 23.8 Å². The minimum atomic E-state index is -1.10. The van der Waals surface area contributed by atoms with Gasteiger partial charge in [0.1, 0.15) is 5.40 Å². The molecule has 1 nitrogen and oxygen atoms in total. The first-order valence-corrected chi connectivity index (χ1v) is 7.71. The number of nitrogens with zero attached hydrogens (tertiary/aromatic N) is 1. The molecule has 0 saturated heterocycles. The van der Waals surface area contributed by atoms with Crippen molar-refractivity contribution in [1.82, 2.24) is 0 Å². The summed E-state index contributed by atoms with van der Waals surface area (Å²) in [6, 6.07) is 0. The molecule has 10 heavy (non-hydrogen) atoms. The van der Waals surface area contributed by atoms with Gasteiger partial charge < -0.3 is 0 Å². The van der Waals surface area contributed by atoms with E-state index in [9.17, 15) is 0 Å². The van der Waals surface area contributed by atoms with Crippen LogP contribution in [0.3, 0.4) is 0 Å². The van der Waals surface area contributed by atoms with Gasteiger partial charge in [-0.2, -0.15) is 14.6 Å². The highest BCUT2D eigenvalue weighted by atomic mass is 33.2. The van der Waals surface area contributed by atoms with E-state index in [1.807, 2.05) is 6.26 Å². The van der Waals surface area contributed by atoms with E-state index in [1.165, 1.54) is 0 Å². The number of hydrogen-bond acceptors (Lipinski definition) is 1. The molecule has 2 unspecified atom stereocenters. The first-order chi connectivity index (χ1) is 4.60. The Hall–Kier alpha value is -0.0300. The molecule has 0 amide bonds. The molecule has 0 aliphatic heterocycles. The minimum Gasteiger partial charge on any atom is -0.186 e. The number of rotatable bonds is 1. The van der Waals surface area contributed by atoms with E-state index < -0.39 is 18.4 Å². The van der Waals surface area contributed by atoms with E-state index in [2.05, 4.69) is 19.2 Å². The van der Waals surface area contributed by atoms with Gasteiger partial charge in [-0.05, 0) is 17.8 Å². The van der Waals surface area contributed by atoms with Crippen LogP contribution in [0.5, 0.6) is 0 Å². The monoisotopic (exact) mass is 177 g/mol. The number of thiocyanates is 1. The highest BCUT2D eigenvalue weighted by Crippen LogP contribution is 2.57. The molecule has 0 aromatic rings. The van der Waals surface area contributed by atoms with Gasteiger partial charge in [-0.15, -0.1) is 14.7 Å². The van der Waals surface area contributed by atoms with Crippen molar-refractivity contribution in [3.63, 3.8) is 0 Å². The zero-order chi connectivity index (χ0) is 8.20. The second-order valence-electron chi connectivity index (χ2n) is 2.15. The fourth-order valence-electron chi connectivity index (χ4n) is 0.568. The molecule has 0 saturated carbocycles. The van der Waals surface area contributed by atoms with Gasteiger partial charge in [-0.1, -0.05) is 13.8 Å².